The Kier molecular flexibility index (Phi) is 7.13. The van der Waals surface area contributed by atoms with Crippen molar-refractivity contribution in [3.63, 3.8) is 0 Å². The molecule has 0 spiro atoms. The van der Waals surface area contributed by atoms with Gasteiger partial charge in [-0.2, -0.15) is 10.2 Å². The van der Waals surface area contributed by atoms with Crippen LogP contribution in [0.15, 0.2) is 75.4 Å². The molecule has 0 saturated carbocycles. The molecule has 1 aliphatic rings. The molecule has 0 radical (unpaired) electrons. The molecule has 200 valence electrons. The average molecular weight is 560 g/mol. The molecule has 0 aliphatic carbocycles. The van der Waals surface area contributed by atoms with Crippen LogP contribution in [0, 0.1) is 17.1 Å². The molecule has 3 N–H and O–H groups in total. The topological polar surface area (TPSA) is 155 Å². The fraction of sp³-hybridized carbons (Fsp3) is 0.111. The van der Waals surface area contributed by atoms with Gasteiger partial charge in [0.25, 0.3) is 5.91 Å². The number of guanidine groups is 1. The number of benzene rings is 2. The minimum Gasteiger partial charge on any atom is -0.465 e. The fourth-order valence-corrected chi connectivity index (χ4v) is 4.34. The van der Waals surface area contributed by atoms with Gasteiger partial charge in [-0.1, -0.05) is 17.7 Å². The highest BCUT2D eigenvalue weighted by molar-refractivity contribution is 6.31. The first-order valence-corrected chi connectivity index (χ1v) is 12.1. The highest BCUT2D eigenvalue weighted by Crippen LogP contribution is 2.36. The summed E-state index contributed by atoms with van der Waals surface area (Å²) in [5.41, 5.74) is 2.25. The summed E-state index contributed by atoms with van der Waals surface area (Å²) in [6.07, 6.45) is 1.36. The number of hydrogen-bond acceptors (Lipinski definition) is 10. The summed E-state index contributed by atoms with van der Waals surface area (Å²) < 4.78 is 23.9. The van der Waals surface area contributed by atoms with Gasteiger partial charge in [0.05, 0.1) is 29.9 Å². The Balaban J connectivity index is 1.50. The molecule has 1 aliphatic heterocycles. The molecule has 5 rings (SSSR count). The quantitative estimate of drug-likeness (QED) is 0.295. The highest BCUT2D eigenvalue weighted by Gasteiger charge is 2.31. The molecule has 40 heavy (non-hydrogen) atoms. The summed E-state index contributed by atoms with van der Waals surface area (Å²) in [6.45, 7) is 1.66. The molecule has 1 atom stereocenters. The molecule has 0 fully saturated rings. The van der Waals surface area contributed by atoms with Crippen molar-refractivity contribution in [1.82, 2.24) is 15.3 Å². The van der Waals surface area contributed by atoms with Crippen molar-refractivity contribution in [3.05, 3.63) is 93.5 Å². The predicted octanol–water partition coefficient (Wildman–Crippen LogP) is 4.70. The Bertz CT molecular complexity index is 1780. The molecule has 4 aromatic rings. The molecule has 2 aromatic heterocycles. The van der Waals surface area contributed by atoms with Gasteiger partial charge < -0.3 is 19.8 Å². The van der Waals surface area contributed by atoms with Crippen molar-refractivity contribution < 1.29 is 23.1 Å². The lowest BCUT2D eigenvalue weighted by Gasteiger charge is -2.27. The second kappa shape index (κ2) is 10.8. The number of rotatable bonds is 5. The highest BCUT2D eigenvalue weighted by atomic mass is 35.5. The Morgan fingerprint density at radius 1 is 1.20 bits per heavy atom. The van der Waals surface area contributed by atoms with Gasteiger partial charge in [0.15, 0.2) is 5.58 Å². The summed E-state index contributed by atoms with van der Waals surface area (Å²) >= 11 is 6.52. The van der Waals surface area contributed by atoms with Gasteiger partial charge in [-0.25, -0.2) is 19.2 Å². The van der Waals surface area contributed by atoms with E-state index in [4.69, 9.17) is 20.8 Å². The zero-order valence-corrected chi connectivity index (χ0v) is 21.7. The van der Waals surface area contributed by atoms with E-state index in [-0.39, 0.29) is 39.5 Å². The summed E-state index contributed by atoms with van der Waals surface area (Å²) in [5, 5.41) is 18.1. The smallest absolute Gasteiger partial charge is 0.338 e. The second-order valence-corrected chi connectivity index (χ2v) is 8.93. The number of allylic oxidation sites excluding steroid dienone is 1. The summed E-state index contributed by atoms with van der Waals surface area (Å²) in [5.74, 6) is -1.33. The Labute approximate surface area is 231 Å². The van der Waals surface area contributed by atoms with Crippen LogP contribution < -0.4 is 16.0 Å². The van der Waals surface area contributed by atoms with Gasteiger partial charge in [0.1, 0.15) is 23.2 Å². The number of halogens is 2. The van der Waals surface area contributed by atoms with Gasteiger partial charge in [0.2, 0.25) is 5.96 Å². The Morgan fingerprint density at radius 2 is 2.02 bits per heavy atom. The van der Waals surface area contributed by atoms with E-state index in [2.05, 4.69) is 30.9 Å². The standard InChI is InChI=1S/C27H19ClFN7O4/c1-13-22(24(37)34-21-10-15(7-8-31-21)25(38)39-2)23(17-5-3-14(12-30)9-18(17)28)35-26(32-13)36-27-33-19-6-4-16(29)11-20(19)40-27/h3-11,23H,1-2H3,(H,31,34,37)(H2,32,33,35,36). The number of amides is 1. The van der Waals surface area contributed by atoms with E-state index in [1.54, 1.807) is 19.1 Å². The van der Waals surface area contributed by atoms with E-state index in [9.17, 15) is 19.2 Å². The minimum absolute atomic E-state index is 0.0426. The number of aliphatic imine (C=N–C) groups is 1. The Hall–Kier alpha value is -5.28. The zero-order chi connectivity index (χ0) is 28.4. The zero-order valence-electron chi connectivity index (χ0n) is 21.0. The lowest BCUT2D eigenvalue weighted by molar-refractivity contribution is -0.113. The first-order chi connectivity index (χ1) is 19.2. The summed E-state index contributed by atoms with van der Waals surface area (Å²) in [7, 11) is 1.25. The van der Waals surface area contributed by atoms with Crippen molar-refractivity contribution in [3.8, 4) is 6.07 Å². The number of nitrogens with zero attached hydrogens (tertiary/aromatic N) is 4. The number of carbonyl (C=O) groups is 2. The molecule has 1 unspecified atom stereocenters. The lowest BCUT2D eigenvalue weighted by Crippen LogP contribution is -2.37. The van der Waals surface area contributed by atoms with Crippen LogP contribution in [0.2, 0.25) is 5.02 Å². The third-order valence-corrected chi connectivity index (χ3v) is 6.24. The van der Waals surface area contributed by atoms with Crippen LogP contribution in [0.5, 0.6) is 0 Å². The normalized spacial score (nSPS) is 14.7. The van der Waals surface area contributed by atoms with Crippen molar-refractivity contribution >= 4 is 52.4 Å². The van der Waals surface area contributed by atoms with Crippen molar-refractivity contribution in [2.24, 2.45) is 4.99 Å². The monoisotopic (exact) mass is 559 g/mol. The summed E-state index contributed by atoms with van der Waals surface area (Å²) in [4.78, 5) is 38.5. The molecule has 0 saturated heterocycles. The van der Waals surface area contributed by atoms with E-state index in [0.717, 1.165) is 0 Å². The van der Waals surface area contributed by atoms with Crippen LogP contribution in [-0.4, -0.2) is 34.9 Å². The van der Waals surface area contributed by atoms with E-state index in [1.807, 2.05) is 6.07 Å². The number of oxazole rings is 1. The SMILES string of the molecule is COC(=O)c1ccnc(NC(=O)C2=C(C)NC(Nc3nc4ccc(F)cc4o3)=NC2c2ccc(C#N)cc2Cl)c1. The lowest BCUT2D eigenvalue weighted by atomic mass is 9.95. The molecule has 3 heterocycles. The van der Waals surface area contributed by atoms with Crippen LogP contribution >= 0.6 is 11.6 Å². The number of nitrogens with one attached hydrogen (secondary N) is 3. The van der Waals surface area contributed by atoms with E-state index in [1.165, 1.54) is 49.7 Å². The van der Waals surface area contributed by atoms with Crippen molar-refractivity contribution in [1.29, 1.82) is 5.26 Å². The van der Waals surface area contributed by atoms with Crippen molar-refractivity contribution in [2.45, 2.75) is 13.0 Å². The second-order valence-electron chi connectivity index (χ2n) is 8.52. The molecule has 13 heteroatoms. The molecular weight excluding hydrogens is 541 g/mol. The Morgan fingerprint density at radius 3 is 2.77 bits per heavy atom. The van der Waals surface area contributed by atoms with Crippen LogP contribution in [0.1, 0.15) is 34.5 Å². The molecule has 0 bridgehead atoms. The van der Waals surface area contributed by atoms with Crippen LogP contribution in [0.4, 0.5) is 16.2 Å². The van der Waals surface area contributed by atoms with Crippen LogP contribution in [0.25, 0.3) is 11.1 Å². The molecule has 11 nitrogen and oxygen atoms in total. The molecule has 1 amide bonds. The maximum atomic E-state index is 13.6. The van der Waals surface area contributed by atoms with E-state index < -0.39 is 23.7 Å². The molecule has 2 aromatic carbocycles. The summed E-state index contributed by atoms with van der Waals surface area (Å²) in [6, 6.07) is 12.6. The van der Waals surface area contributed by atoms with Crippen LogP contribution in [0.3, 0.4) is 0 Å². The number of methoxy groups -OCH3 is 1. The van der Waals surface area contributed by atoms with E-state index >= 15 is 0 Å². The number of fused-ring (bicyclic) bond motifs is 1. The predicted molar refractivity (Wildman–Crippen MR) is 144 cm³/mol. The van der Waals surface area contributed by atoms with E-state index in [0.29, 0.717) is 22.3 Å². The maximum absolute atomic E-state index is 13.6. The van der Waals surface area contributed by atoms with Gasteiger partial charge in [-0.3, -0.25) is 10.1 Å². The van der Waals surface area contributed by atoms with Crippen molar-refractivity contribution in [2.75, 3.05) is 17.7 Å². The van der Waals surface area contributed by atoms with Gasteiger partial charge >= 0.3 is 12.0 Å². The number of nitriles is 1. The number of anilines is 2. The largest absolute Gasteiger partial charge is 0.465 e. The number of carbonyl (C=O) groups excluding carboxylic acids is 2. The maximum Gasteiger partial charge on any atom is 0.338 e. The number of esters is 1. The number of hydrogen-bond donors (Lipinski definition) is 3. The average Bonchev–Trinajstić information content (AvgIpc) is 3.33. The first-order valence-electron chi connectivity index (χ1n) is 11.7. The van der Waals surface area contributed by atoms with Gasteiger partial charge in [0, 0.05) is 28.5 Å². The third kappa shape index (κ3) is 5.31. The van der Waals surface area contributed by atoms with Gasteiger partial charge in [-0.15, -0.1) is 0 Å². The number of ether oxygens (including phenoxy) is 1. The first kappa shape index (κ1) is 26.3. The van der Waals surface area contributed by atoms with Crippen LogP contribution in [-0.2, 0) is 9.53 Å². The molecular formula is C27H19ClFN7O4. The number of pyridine rings is 1. The third-order valence-electron chi connectivity index (χ3n) is 5.91. The minimum atomic E-state index is -0.936. The van der Waals surface area contributed by atoms with Gasteiger partial charge in [-0.05, 0) is 43.3 Å². The fourth-order valence-electron chi connectivity index (χ4n) is 4.06. The number of aromatic nitrogens is 2.